The maximum Gasteiger partial charge on any atom is 0.204 e. The number of hydrogen-bond donors (Lipinski definition) is 0. The molecule has 3 rings (SSSR count). The fourth-order valence-electron chi connectivity index (χ4n) is 4.04. The van der Waals surface area contributed by atoms with Crippen molar-refractivity contribution in [1.82, 2.24) is 0 Å². The van der Waals surface area contributed by atoms with Gasteiger partial charge >= 0.3 is 0 Å². The van der Waals surface area contributed by atoms with Crippen molar-refractivity contribution in [2.75, 3.05) is 0 Å². The molecule has 1 heteroatoms. The molecule has 0 saturated heterocycles. The zero-order chi connectivity index (χ0) is 20.0. The molecule has 0 aliphatic carbocycles. The van der Waals surface area contributed by atoms with E-state index in [0.29, 0.717) is 0 Å². The minimum Gasteiger partial charge on any atom is -0.119 e. The zero-order valence-corrected chi connectivity index (χ0v) is 18.4. The Morgan fingerprint density at radius 3 is 1.54 bits per heavy atom. The molecule has 0 fully saturated rings. The van der Waals surface area contributed by atoms with Gasteiger partial charge in [-0.15, -0.1) is 11.5 Å². The van der Waals surface area contributed by atoms with Crippen LogP contribution in [0.2, 0.25) is 5.04 Å². The summed E-state index contributed by atoms with van der Waals surface area (Å²) in [6.07, 6.45) is 1.02. The highest BCUT2D eigenvalue weighted by Crippen LogP contribution is 2.35. The Bertz CT molecular complexity index is 886. The summed E-state index contributed by atoms with van der Waals surface area (Å²) in [5.74, 6) is 4.01. The molecule has 1 unspecified atom stereocenters. The summed E-state index contributed by atoms with van der Waals surface area (Å²) < 4.78 is 0. The van der Waals surface area contributed by atoms with Gasteiger partial charge in [0, 0.05) is 5.92 Å². The molecule has 1 atom stereocenters. The Labute approximate surface area is 171 Å². The SMILES string of the molecule is CCC(C#C[Si](c1ccccc1)(c1ccccc1)C(C)(C)C)c1ccccc1. The Hall–Kier alpha value is -2.56. The molecule has 0 radical (unpaired) electrons. The number of hydrogen-bond acceptors (Lipinski definition) is 0. The molecule has 0 aliphatic rings. The van der Waals surface area contributed by atoms with Crippen molar-refractivity contribution in [3.05, 3.63) is 96.6 Å². The maximum atomic E-state index is 3.94. The third-order valence-electron chi connectivity index (χ3n) is 5.58. The lowest BCUT2D eigenvalue weighted by molar-refractivity contribution is 0.740. The summed E-state index contributed by atoms with van der Waals surface area (Å²) in [4.78, 5) is 0. The van der Waals surface area contributed by atoms with Gasteiger partial charge in [0.25, 0.3) is 0 Å². The van der Waals surface area contributed by atoms with Crippen LogP contribution in [-0.2, 0) is 0 Å². The molecule has 28 heavy (non-hydrogen) atoms. The van der Waals surface area contributed by atoms with Gasteiger partial charge in [0.15, 0.2) is 0 Å². The van der Waals surface area contributed by atoms with Gasteiger partial charge in [0.05, 0.1) is 0 Å². The summed E-state index contributed by atoms with van der Waals surface area (Å²) in [6, 6.07) is 32.6. The summed E-state index contributed by atoms with van der Waals surface area (Å²) in [6.45, 7) is 9.31. The maximum absolute atomic E-state index is 3.94. The van der Waals surface area contributed by atoms with Gasteiger partial charge in [-0.25, -0.2) is 0 Å². The smallest absolute Gasteiger partial charge is 0.119 e. The second-order valence-electron chi connectivity index (χ2n) is 8.37. The van der Waals surface area contributed by atoms with Crippen LogP contribution in [0.15, 0.2) is 91.0 Å². The van der Waals surface area contributed by atoms with E-state index in [0.717, 1.165) is 6.42 Å². The summed E-state index contributed by atoms with van der Waals surface area (Å²) in [5, 5.41) is 2.85. The monoisotopic (exact) mass is 382 g/mol. The van der Waals surface area contributed by atoms with Crippen LogP contribution in [0.5, 0.6) is 0 Å². The topological polar surface area (TPSA) is 0 Å². The van der Waals surface area contributed by atoms with E-state index in [1.165, 1.54) is 15.9 Å². The summed E-state index contributed by atoms with van der Waals surface area (Å²) >= 11 is 0. The molecule has 0 nitrogen and oxygen atoms in total. The molecule has 0 amide bonds. The van der Waals surface area contributed by atoms with E-state index in [-0.39, 0.29) is 11.0 Å². The fraction of sp³-hybridized carbons (Fsp3) is 0.259. The highest BCUT2D eigenvalue weighted by atomic mass is 28.3. The van der Waals surface area contributed by atoms with E-state index in [4.69, 9.17) is 0 Å². The highest BCUT2D eigenvalue weighted by molar-refractivity contribution is 7.10. The largest absolute Gasteiger partial charge is 0.204 e. The van der Waals surface area contributed by atoms with Crippen LogP contribution in [0.4, 0.5) is 0 Å². The third-order valence-corrected chi connectivity index (χ3v) is 10.8. The minimum atomic E-state index is -2.32. The zero-order valence-electron chi connectivity index (χ0n) is 17.4. The van der Waals surface area contributed by atoms with Crippen LogP contribution < -0.4 is 10.4 Å². The van der Waals surface area contributed by atoms with E-state index in [2.05, 4.69) is 130 Å². The van der Waals surface area contributed by atoms with Crippen molar-refractivity contribution < 1.29 is 0 Å². The Morgan fingerprint density at radius 1 is 0.714 bits per heavy atom. The molecular weight excluding hydrogens is 352 g/mol. The van der Waals surface area contributed by atoms with Gasteiger partial charge in [-0.1, -0.05) is 119 Å². The lowest BCUT2D eigenvalue weighted by Gasteiger charge is -2.39. The van der Waals surface area contributed by atoms with E-state index in [9.17, 15) is 0 Å². The van der Waals surface area contributed by atoms with Crippen LogP contribution in [0.25, 0.3) is 0 Å². The lowest BCUT2D eigenvalue weighted by Crippen LogP contribution is -2.63. The molecule has 142 valence electrons. The highest BCUT2D eigenvalue weighted by Gasteiger charge is 2.47. The molecule has 0 aliphatic heterocycles. The predicted molar refractivity (Wildman–Crippen MR) is 125 cm³/mol. The van der Waals surface area contributed by atoms with Gasteiger partial charge in [-0.2, -0.15) is 0 Å². The van der Waals surface area contributed by atoms with Crippen LogP contribution in [0.3, 0.4) is 0 Å². The first-order chi connectivity index (χ1) is 13.5. The normalized spacial score (nSPS) is 12.7. The van der Waals surface area contributed by atoms with Crippen molar-refractivity contribution in [3.8, 4) is 11.5 Å². The second kappa shape index (κ2) is 8.63. The number of benzene rings is 3. The second-order valence-corrected chi connectivity index (χ2v) is 12.8. The average Bonchev–Trinajstić information content (AvgIpc) is 2.72. The molecule has 3 aromatic rings. The molecule has 0 N–H and O–H groups in total. The predicted octanol–water partition coefficient (Wildman–Crippen LogP) is 5.79. The Morgan fingerprint density at radius 2 is 1.14 bits per heavy atom. The quantitative estimate of drug-likeness (QED) is 0.396. The molecular formula is C27H30Si. The van der Waals surface area contributed by atoms with Crippen LogP contribution in [-0.4, -0.2) is 8.07 Å². The van der Waals surface area contributed by atoms with Crippen molar-refractivity contribution in [2.24, 2.45) is 0 Å². The molecule has 0 saturated carbocycles. The molecule has 0 aromatic heterocycles. The van der Waals surface area contributed by atoms with Gasteiger partial charge in [-0.3, -0.25) is 0 Å². The van der Waals surface area contributed by atoms with Crippen molar-refractivity contribution >= 4 is 18.4 Å². The third kappa shape index (κ3) is 3.98. The van der Waals surface area contributed by atoms with Gasteiger partial charge < -0.3 is 0 Å². The molecule has 0 spiro atoms. The van der Waals surface area contributed by atoms with Crippen LogP contribution in [0.1, 0.15) is 45.6 Å². The Balaban J connectivity index is 2.23. The van der Waals surface area contributed by atoms with Gasteiger partial charge in [-0.05, 0) is 27.4 Å². The van der Waals surface area contributed by atoms with Gasteiger partial charge in [0.2, 0.25) is 8.07 Å². The summed E-state index contributed by atoms with van der Waals surface area (Å²) in [7, 11) is -2.32. The van der Waals surface area contributed by atoms with E-state index < -0.39 is 8.07 Å². The average molecular weight is 383 g/mol. The van der Waals surface area contributed by atoms with Crippen molar-refractivity contribution in [1.29, 1.82) is 0 Å². The van der Waals surface area contributed by atoms with Crippen molar-refractivity contribution in [2.45, 2.75) is 45.1 Å². The van der Waals surface area contributed by atoms with Crippen LogP contribution >= 0.6 is 0 Å². The van der Waals surface area contributed by atoms with E-state index in [1.807, 2.05) is 0 Å². The first-order valence-electron chi connectivity index (χ1n) is 10.2. The first-order valence-corrected chi connectivity index (χ1v) is 12.2. The molecule has 0 heterocycles. The van der Waals surface area contributed by atoms with Crippen LogP contribution in [0, 0.1) is 11.5 Å². The molecule has 3 aromatic carbocycles. The lowest BCUT2D eigenvalue weighted by atomic mass is 9.98. The Kier molecular flexibility index (Phi) is 6.22. The summed E-state index contributed by atoms with van der Waals surface area (Å²) in [5.41, 5.74) is 5.26. The fourth-order valence-corrected chi connectivity index (χ4v) is 8.55. The number of rotatable bonds is 4. The first kappa shape index (κ1) is 20.2. The van der Waals surface area contributed by atoms with Gasteiger partial charge in [0.1, 0.15) is 0 Å². The van der Waals surface area contributed by atoms with E-state index >= 15 is 0 Å². The van der Waals surface area contributed by atoms with Crippen molar-refractivity contribution in [3.63, 3.8) is 0 Å². The minimum absolute atomic E-state index is 0.0671. The van der Waals surface area contributed by atoms with E-state index in [1.54, 1.807) is 0 Å². The standard InChI is InChI=1S/C27H30Si/c1-5-23(24-15-9-6-10-16-24)21-22-28(27(2,3)4,25-17-11-7-12-18-25)26-19-13-8-14-20-26/h6-20,23H,5H2,1-4H3. The molecule has 0 bridgehead atoms.